The molecular weight excluding hydrogens is 272 g/mol. The zero-order chi connectivity index (χ0) is 14.4. The maximum atomic E-state index is 12.4. The smallest absolute Gasteiger partial charge is 0.235 e. The molecule has 1 aromatic heterocycles. The fourth-order valence-corrected chi connectivity index (χ4v) is 3.55. The third-order valence-electron chi connectivity index (χ3n) is 3.01. The fourth-order valence-electron chi connectivity index (χ4n) is 2.02. The van der Waals surface area contributed by atoms with E-state index in [0.29, 0.717) is 18.7 Å². The van der Waals surface area contributed by atoms with Crippen molar-refractivity contribution in [2.45, 2.75) is 13.3 Å². The molecule has 0 unspecified atom stereocenters. The van der Waals surface area contributed by atoms with Gasteiger partial charge < -0.3 is 0 Å². The number of anilines is 1. The van der Waals surface area contributed by atoms with E-state index in [2.05, 4.69) is 4.98 Å². The third-order valence-corrected chi connectivity index (χ3v) is 4.87. The molecule has 0 saturated heterocycles. The molecule has 0 spiro atoms. The summed E-state index contributed by atoms with van der Waals surface area (Å²) in [6.45, 7) is 2.26. The van der Waals surface area contributed by atoms with Crippen LogP contribution >= 0.6 is 0 Å². The van der Waals surface area contributed by atoms with Gasteiger partial charge in [-0.15, -0.1) is 0 Å². The molecule has 0 aliphatic rings. The Hall–Kier alpha value is -1.88. The Labute approximate surface area is 120 Å². The second-order valence-electron chi connectivity index (χ2n) is 4.39. The van der Waals surface area contributed by atoms with Crippen LogP contribution in [0.1, 0.15) is 12.6 Å². The first kappa shape index (κ1) is 14.5. The topological polar surface area (TPSA) is 50.3 Å². The Bertz CT molecular complexity index is 627. The van der Waals surface area contributed by atoms with Gasteiger partial charge in [0.05, 0.1) is 11.4 Å². The number of benzene rings is 1. The van der Waals surface area contributed by atoms with Gasteiger partial charge in [0, 0.05) is 24.9 Å². The van der Waals surface area contributed by atoms with Gasteiger partial charge in [-0.2, -0.15) is 0 Å². The highest BCUT2D eigenvalue weighted by Crippen LogP contribution is 2.17. The average molecular weight is 290 g/mol. The Morgan fingerprint density at radius 1 is 1.05 bits per heavy atom. The molecule has 4 nitrogen and oxygen atoms in total. The number of aromatic nitrogens is 1. The van der Waals surface area contributed by atoms with Crippen molar-refractivity contribution in [1.82, 2.24) is 4.98 Å². The molecule has 0 fully saturated rings. The van der Waals surface area contributed by atoms with E-state index in [4.69, 9.17) is 0 Å². The normalized spacial score (nSPS) is 11.2. The molecule has 0 aliphatic carbocycles. The number of aryl methyl sites for hydroxylation is 1. The van der Waals surface area contributed by atoms with Crippen molar-refractivity contribution in [3.05, 3.63) is 60.4 Å². The summed E-state index contributed by atoms with van der Waals surface area (Å²) in [5.41, 5.74) is 1.50. The number of hydrogen-bond donors (Lipinski definition) is 0. The van der Waals surface area contributed by atoms with Crippen molar-refractivity contribution >= 4 is 15.7 Å². The number of hydrogen-bond acceptors (Lipinski definition) is 3. The summed E-state index contributed by atoms with van der Waals surface area (Å²) in [6, 6.07) is 14.7. The largest absolute Gasteiger partial charge is 0.271 e. The standard InChI is InChI=1S/C15H18N2O2S/c1-2-17(15-9-4-3-5-10-15)20(18,19)13-11-14-8-6-7-12-16-14/h3-10,12H,2,11,13H2,1H3. The number of pyridine rings is 1. The van der Waals surface area contributed by atoms with Crippen LogP contribution in [0.2, 0.25) is 0 Å². The Morgan fingerprint density at radius 3 is 2.35 bits per heavy atom. The highest BCUT2D eigenvalue weighted by atomic mass is 32.2. The van der Waals surface area contributed by atoms with Crippen LogP contribution in [-0.2, 0) is 16.4 Å². The van der Waals surface area contributed by atoms with Gasteiger partial charge in [-0.3, -0.25) is 9.29 Å². The van der Waals surface area contributed by atoms with Crippen LogP contribution < -0.4 is 4.31 Å². The van der Waals surface area contributed by atoms with Gasteiger partial charge >= 0.3 is 0 Å². The van der Waals surface area contributed by atoms with Crippen LogP contribution in [0.5, 0.6) is 0 Å². The van der Waals surface area contributed by atoms with Crippen molar-refractivity contribution < 1.29 is 8.42 Å². The zero-order valence-electron chi connectivity index (χ0n) is 11.4. The highest BCUT2D eigenvalue weighted by molar-refractivity contribution is 7.92. The molecule has 0 saturated carbocycles. The summed E-state index contributed by atoms with van der Waals surface area (Å²) in [7, 11) is -3.33. The quantitative estimate of drug-likeness (QED) is 0.821. The first-order valence-corrected chi connectivity index (χ1v) is 8.20. The Kier molecular flexibility index (Phi) is 4.74. The number of para-hydroxylation sites is 1. The predicted molar refractivity (Wildman–Crippen MR) is 81.2 cm³/mol. The maximum absolute atomic E-state index is 12.4. The van der Waals surface area contributed by atoms with E-state index in [1.165, 1.54) is 4.31 Å². The number of rotatable bonds is 6. The number of sulfonamides is 1. The highest BCUT2D eigenvalue weighted by Gasteiger charge is 2.20. The first-order valence-electron chi connectivity index (χ1n) is 6.59. The SMILES string of the molecule is CCN(c1ccccc1)S(=O)(=O)CCc1ccccn1. The van der Waals surface area contributed by atoms with Crippen LogP contribution in [0.4, 0.5) is 5.69 Å². The van der Waals surface area contributed by atoms with E-state index in [0.717, 1.165) is 5.69 Å². The van der Waals surface area contributed by atoms with Crippen LogP contribution in [0.15, 0.2) is 54.7 Å². The van der Waals surface area contributed by atoms with E-state index in [1.807, 2.05) is 55.5 Å². The summed E-state index contributed by atoms with van der Waals surface area (Å²) in [5, 5.41) is 0. The summed E-state index contributed by atoms with van der Waals surface area (Å²) < 4.78 is 26.3. The van der Waals surface area contributed by atoms with Crippen molar-refractivity contribution in [2.75, 3.05) is 16.6 Å². The van der Waals surface area contributed by atoms with Crippen LogP contribution in [0, 0.1) is 0 Å². The summed E-state index contributed by atoms with van der Waals surface area (Å²) in [6.07, 6.45) is 2.10. The molecule has 20 heavy (non-hydrogen) atoms. The van der Waals surface area contributed by atoms with Crippen LogP contribution in [-0.4, -0.2) is 25.7 Å². The minimum absolute atomic E-state index is 0.0622. The molecular formula is C15H18N2O2S. The second kappa shape index (κ2) is 6.52. The summed E-state index contributed by atoms with van der Waals surface area (Å²) >= 11 is 0. The molecule has 2 rings (SSSR count). The van der Waals surface area contributed by atoms with Gasteiger partial charge in [0.2, 0.25) is 10.0 Å². The second-order valence-corrected chi connectivity index (χ2v) is 6.40. The van der Waals surface area contributed by atoms with Gasteiger partial charge in [-0.25, -0.2) is 8.42 Å². The summed E-state index contributed by atoms with van der Waals surface area (Å²) in [4.78, 5) is 4.16. The van der Waals surface area contributed by atoms with E-state index in [1.54, 1.807) is 6.20 Å². The molecule has 106 valence electrons. The predicted octanol–water partition coefficient (Wildman–Crippen LogP) is 2.48. The van der Waals surface area contributed by atoms with Crippen molar-refractivity contribution in [3.8, 4) is 0 Å². The molecule has 2 aromatic rings. The van der Waals surface area contributed by atoms with Gasteiger partial charge in [0.1, 0.15) is 0 Å². The summed E-state index contributed by atoms with van der Waals surface area (Å²) in [5.74, 6) is 0.0622. The Balaban J connectivity index is 2.12. The van der Waals surface area contributed by atoms with Crippen molar-refractivity contribution in [3.63, 3.8) is 0 Å². The lowest BCUT2D eigenvalue weighted by Crippen LogP contribution is -2.33. The van der Waals surface area contributed by atoms with E-state index in [-0.39, 0.29) is 5.75 Å². The molecule has 0 amide bonds. The zero-order valence-corrected chi connectivity index (χ0v) is 12.3. The van der Waals surface area contributed by atoms with Gasteiger partial charge in [0.25, 0.3) is 0 Å². The van der Waals surface area contributed by atoms with E-state index in [9.17, 15) is 8.42 Å². The average Bonchev–Trinajstić information content (AvgIpc) is 2.48. The fraction of sp³-hybridized carbons (Fsp3) is 0.267. The number of nitrogens with zero attached hydrogens (tertiary/aromatic N) is 2. The van der Waals surface area contributed by atoms with Crippen molar-refractivity contribution in [1.29, 1.82) is 0 Å². The molecule has 0 bridgehead atoms. The van der Waals surface area contributed by atoms with Gasteiger partial charge in [-0.05, 0) is 31.2 Å². The van der Waals surface area contributed by atoms with Crippen LogP contribution in [0.25, 0.3) is 0 Å². The van der Waals surface area contributed by atoms with E-state index >= 15 is 0 Å². The maximum Gasteiger partial charge on any atom is 0.235 e. The van der Waals surface area contributed by atoms with Gasteiger partial charge in [-0.1, -0.05) is 24.3 Å². The van der Waals surface area contributed by atoms with Crippen LogP contribution in [0.3, 0.4) is 0 Å². The molecule has 1 heterocycles. The third kappa shape index (κ3) is 3.57. The minimum Gasteiger partial charge on any atom is -0.271 e. The lowest BCUT2D eigenvalue weighted by atomic mass is 10.3. The first-order chi connectivity index (χ1) is 9.63. The lowest BCUT2D eigenvalue weighted by Gasteiger charge is -2.22. The van der Waals surface area contributed by atoms with E-state index < -0.39 is 10.0 Å². The molecule has 5 heteroatoms. The molecule has 1 aromatic carbocycles. The molecule has 0 aliphatic heterocycles. The molecule has 0 N–H and O–H groups in total. The lowest BCUT2D eigenvalue weighted by molar-refractivity contribution is 0.590. The Morgan fingerprint density at radius 2 is 1.75 bits per heavy atom. The minimum atomic E-state index is -3.33. The monoisotopic (exact) mass is 290 g/mol. The molecule has 0 radical (unpaired) electrons. The van der Waals surface area contributed by atoms with Crippen molar-refractivity contribution in [2.24, 2.45) is 0 Å². The van der Waals surface area contributed by atoms with Gasteiger partial charge in [0.15, 0.2) is 0 Å². The molecule has 0 atom stereocenters.